The van der Waals surface area contributed by atoms with Crippen LogP contribution in [0.2, 0.25) is 0 Å². The van der Waals surface area contributed by atoms with Crippen molar-refractivity contribution >= 4 is 17.9 Å². The van der Waals surface area contributed by atoms with Crippen molar-refractivity contribution in [2.45, 2.75) is 226 Å². The summed E-state index contributed by atoms with van der Waals surface area (Å²) in [5.41, 5.74) is 0. The topological polar surface area (TPSA) is 78.9 Å². The Morgan fingerprint density at radius 2 is 0.587 bits per heavy atom. The highest BCUT2D eigenvalue weighted by Gasteiger charge is 2.19. The third-order valence-corrected chi connectivity index (χ3v) is 8.86. The summed E-state index contributed by atoms with van der Waals surface area (Å²) in [7, 11) is 0. The van der Waals surface area contributed by atoms with Crippen LogP contribution in [0.1, 0.15) is 220 Å². The first-order valence-corrected chi connectivity index (χ1v) is 20.0. The fourth-order valence-corrected chi connectivity index (χ4v) is 5.79. The minimum Gasteiger partial charge on any atom is -0.462 e. The molecule has 1 atom stereocenters. The zero-order valence-corrected chi connectivity index (χ0v) is 30.9. The Bertz CT molecular complexity index is 679. The van der Waals surface area contributed by atoms with E-state index < -0.39 is 6.10 Å². The van der Waals surface area contributed by atoms with Crippen molar-refractivity contribution in [2.24, 2.45) is 0 Å². The lowest BCUT2D eigenvalue weighted by Crippen LogP contribution is -2.30. The average molecular weight is 653 g/mol. The molecule has 0 amide bonds. The van der Waals surface area contributed by atoms with Gasteiger partial charge in [-0.25, -0.2) is 0 Å². The summed E-state index contributed by atoms with van der Waals surface area (Å²) >= 11 is 0. The van der Waals surface area contributed by atoms with Crippen LogP contribution < -0.4 is 0 Å². The Hall–Kier alpha value is -1.59. The van der Waals surface area contributed by atoms with Gasteiger partial charge in [-0.1, -0.05) is 181 Å². The molecule has 0 rings (SSSR count). The van der Waals surface area contributed by atoms with Gasteiger partial charge < -0.3 is 14.2 Å². The van der Waals surface area contributed by atoms with Crippen LogP contribution in [-0.2, 0) is 28.6 Å². The van der Waals surface area contributed by atoms with E-state index in [4.69, 9.17) is 14.2 Å². The Balaban J connectivity index is 4.25. The van der Waals surface area contributed by atoms with Gasteiger partial charge >= 0.3 is 17.9 Å². The van der Waals surface area contributed by atoms with Gasteiger partial charge in [0.1, 0.15) is 13.2 Å². The van der Waals surface area contributed by atoms with Gasteiger partial charge in [-0.3, -0.25) is 14.4 Å². The molecule has 46 heavy (non-hydrogen) atoms. The van der Waals surface area contributed by atoms with E-state index in [1.165, 1.54) is 116 Å². The number of ether oxygens (including phenoxy) is 3. The fraction of sp³-hybridized carbons (Fsp3) is 0.925. The second-order valence-corrected chi connectivity index (χ2v) is 13.6. The molecule has 0 aromatic rings. The van der Waals surface area contributed by atoms with E-state index in [-0.39, 0.29) is 31.1 Å². The van der Waals surface area contributed by atoms with E-state index in [1.807, 2.05) is 0 Å². The van der Waals surface area contributed by atoms with Crippen LogP contribution in [0.3, 0.4) is 0 Å². The molecule has 0 radical (unpaired) electrons. The summed E-state index contributed by atoms with van der Waals surface area (Å²) in [4.78, 5) is 37.2. The second-order valence-electron chi connectivity index (χ2n) is 13.6. The smallest absolute Gasteiger partial charge is 0.306 e. The van der Waals surface area contributed by atoms with Crippen LogP contribution in [0.25, 0.3) is 0 Å². The maximum Gasteiger partial charge on any atom is 0.306 e. The van der Waals surface area contributed by atoms with Crippen LogP contribution in [-0.4, -0.2) is 37.2 Å². The van der Waals surface area contributed by atoms with Crippen molar-refractivity contribution in [3.05, 3.63) is 0 Å². The van der Waals surface area contributed by atoms with Gasteiger partial charge in [-0.2, -0.15) is 0 Å². The molecule has 0 bridgehead atoms. The molecule has 272 valence electrons. The molecular formula is C40H76O6. The molecule has 0 unspecified atom stereocenters. The number of unbranched alkanes of at least 4 members (excludes halogenated alkanes) is 25. The summed E-state index contributed by atoms with van der Waals surface area (Å²) < 4.78 is 16.5. The molecule has 0 heterocycles. The van der Waals surface area contributed by atoms with Crippen LogP contribution in [0.15, 0.2) is 0 Å². The molecule has 0 spiro atoms. The third-order valence-electron chi connectivity index (χ3n) is 8.86. The summed E-state index contributed by atoms with van der Waals surface area (Å²) in [6, 6.07) is 0. The second kappa shape index (κ2) is 36.2. The predicted molar refractivity (Wildman–Crippen MR) is 192 cm³/mol. The highest BCUT2D eigenvalue weighted by molar-refractivity contribution is 5.71. The molecule has 0 aliphatic heterocycles. The highest BCUT2D eigenvalue weighted by Crippen LogP contribution is 2.15. The zero-order chi connectivity index (χ0) is 33.8. The van der Waals surface area contributed by atoms with Gasteiger partial charge in [0.15, 0.2) is 6.10 Å². The van der Waals surface area contributed by atoms with Crippen molar-refractivity contribution in [2.75, 3.05) is 13.2 Å². The maximum absolute atomic E-state index is 12.6. The van der Waals surface area contributed by atoms with Gasteiger partial charge in [0.2, 0.25) is 0 Å². The van der Waals surface area contributed by atoms with E-state index >= 15 is 0 Å². The molecular weight excluding hydrogens is 576 g/mol. The third kappa shape index (κ3) is 33.8. The normalized spacial score (nSPS) is 11.8. The Morgan fingerprint density at radius 3 is 0.870 bits per heavy atom. The van der Waals surface area contributed by atoms with Crippen molar-refractivity contribution < 1.29 is 28.6 Å². The molecule has 0 aliphatic rings. The average Bonchev–Trinajstić information content (AvgIpc) is 3.05. The lowest BCUT2D eigenvalue weighted by Gasteiger charge is -2.18. The standard InChI is InChI=1S/C40H76O6/c1-4-7-10-13-15-17-19-21-23-25-28-31-34-40(43)46-37(35-44-38(41)32-29-26-12-9-6-3)36-45-39(42)33-30-27-24-22-20-18-16-14-11-8-5-2/h37H,4-36H2,1-3H3/t37-/m1/s1. The minimum absolute atomic E-state index is 0.0647. The summed E-state index contributed by atoms with van der Waals surface area (Å²) in [5, 5.41) is 0. The first kappa shape index (κ1) is 44.4. The van der Waals surface area contributed by atoms with Crippen LogP contribution >= 0.6 is 0 Å². The van der Waals surface area contributed by atoms with Gasteiger partial charge in [-0.05, 0) is 19.3 Å². The number of esters is 3. The molecule has 0 saturated heterocycles. The van der Waals surface area contributed by atoms with Crippen molar-refractivity contribution in [3.63, 3.8) is 0 Å². The molecule has 0 N–H and O–H groups in total. The van der Waals surface area contributed by atoms with E-state index in [0.29, 0.717) is 19.3 Å². The van der Waals surface area contributed by atoms with Crippen molar-refractivity contribution in [1.29, 1.82) is 0 Å². The van der Waals surface area contributed by atoms with Crippen LogP contribution in [0.5, 0.6) is 0 Å². The monoisotopic (exact) mass is 653 g/mol. The number of carbonyl (C=O) groups is 3. The predicted octanol–water partition coefficient (Wildman–Crippen LogP) is 12.1. The summed E-state index contributed by atoms with van der Waals surface area (Å²) in [5.74, 6) is -0.875. The van der Waals surface area contributed by atoms with Gasteiger partial charge in [-0.15, -0.1) is 0 Å². The number of rotatable bonds is 36. The Labute approximate surface area is 285 Å². The largest absolute Gasteiger partial charge is 0.462 e. The molecule has 6 heteroatoms. The van der Waals surface area contributed by atoms with Gasteiger partial charge in [0.05, 0.1) is 0 Å². The molecule has 0 fully saturated rings. The zero-order valence-electron chi connectivity index (χ0n) is 30.9. The van der Waals surface area contributed by atoms with Crippen molar-refractivity contribution in [3.8, 4) is 0 Å². The van der Waals surface area contributed by atoms with E-state index in [2.05, 4.69) is 20.8 Å². The SMILES string of the molecule is CCCCCCCCCCCCCCC(=O)O[C@H](COC(=O)CCCCCCC)COC(=O)CCCCCCCCCCCCC. The maximum atomic E-state index is 12.6. The Kier molecular flexibility index (Phi) is 35.0. The molecule has 0 aliphatic carbocycles. The van der Waals surface area contributed by atoms with E-state index in [0.717, 1.165) is 64.2 Å². The first-order chi connectivity index (χ1) is 22.5. The molecule has 0 aromatic heterocycles. The molecule has 6 nitrogen and oxygen atoms in total. The number of carbonyl (C=O) groups excluding carboxylic acids is 3. The van der Waals surface area contributed by atoms with Gasteiger partial charge in [0, 0.05) is 19.3 Å². The van der Waals surface area contributed by atoms with Gasteiger partial charge in [0.25, 0.3) is 0 Å². The van der Waals surface area contributed by atoms with Crippen molar-refractivity contribution in [1.82, 2.24) is 0 Å². The van der Waals surface area contributed by atoms with E-state index in [9.17, 15) is 14.4 Å². The Morgan fingerprint density at radius 1 is 0.348 bits per heavy atom. The highest BCUT2D eigenvalue weighted by atomic mass is 16.6. The number of hydrogen-bond donors (Lipinski definition) is 0. The van der Waals surface area contributed by atoms with Crippen LogP contribution in [0.4, 0.5) is 0 Å². The number of hydrogen-bond acceptors (Lipinski definition) is 6. The molecule has 0 aromatic carbocycles. The molecule has 0 saturated carbocycles. The quantitative estimate of drug-likeness (QED) is 0.0381. The lowest BCUT2D eigenvalue weighted by molar-refractivity contribution is -0.167. The summed E-state index contributed by atoms with van der Waals surface area (Å²) in [6.45, 7) is 6.54. The fourth-order valence-electron chi connectivity index (χ4n) is 5.79. The minimum atomic E-state index is -0.754. The van der Waals surface area contributed by atoms with Crippen LogP contribution in [0, 0.1) is 0 Å². The lowest BCUT2D eigenvalue weighted by atomic mass is 10.0. The van der Waals surface area contributed by atoms with E-state index in [1.54, 1.807) is 0 Å². The summed E-state index contributed by atoms with van der Waals surface area (Å²) in [6.07, 6.45) is 33.9. The first-order valence-electron chi connectivity index (χ1n) is 20.0.